The van der Waals surface area contributed by atoms with Gasteiger partial charge in [0.1, 0.15) is 0 Å². The van der Waals surface area contributed by atoms with Crippen LogP contribution in [0, 0.1) is 28.6 Å². The minimum absolute atomic E-state index is 0.721. The first-order chi connectivity index (χ1) is 6.02. The van der Waals surface area contributed by atoms with Crippen LogP contribution in [0.3, 0.4) is 0 Å². The van der Waals surface area contributed by atoms with E-state index in [0.717, 1.165) is 28.6 Å². The predicted molar refractivity (Wildman–Crippen MR) is 55.4 cm³/mol. The van der Waals surface area contributed by atoms with Gasteiger partial charge in [-0.1, -0.05) is 20.8 Å². The molecule has 0 aromatic carbocycles. The van der Waals surface area contributed by atoms with Crippen molar-refractivity contribution in [1.82, 2.24) is 0 Å². The summed E-state index contributed by atoms with van der Waals surface area (Å²) in [6.45, 7) is 7.65. The molecule has 4 aliphatic carbocycles. The van der Waals surface area contributed by atoms with Gasteiger partial charge in [0.2, 0.25) is 0 Å². The van der Waals surface area contributed by atoms with Gasteiger partial charge in [-0.15, -0.1) is 0 Å². The van der Waals surface area contributed by atoms with Crippen molar-refractivity contribution in [3.63, 3.8) is 0 Å². The number of hydrogen-bond donors (Lipinski definition) is 0. The van der Waals surface area contributed by atoms with Gasteiger partial charge in [0.05, 0.1) is 0 Å². The van der Waals surface area contributed by atoms with E-state index in [2.05, 4.69) is 20.8 Å². The minimum Gasteiger partial charge on any atom is -0.0615 e. The lowest BCUT2D eigenvalue weighted by atomic mass is 9.41. The second-order valence-electron chi connectivity index (χ2n) is 6.81. The van der Waals surface area contributed by atoms with Crippen molar-refractivity contribution in [2.24, 2.45) is 28.6 Å². The molecule has 0 heteroatoms. The molecule has 0 aliphatic heterocycles. The molecule has 0 heterocycles. The van der Waals surface area contributed by atoms with Crippen LogP contribution in [-0.4, -0.2) is 0 Å². The molecule has 4 fully saturated rings. The van der Waals surface area contributed by atoms with E-state index in [4.69, 9.17) is 0 Å². The van der Waals surface area contributed by atoms with E-state index in [-0.39, 0.29) is 0 Å². The van der Waals surface area contributed by atoms with Gasteiger partial charge in [0.15, 0.2) is 0 Å². The van der Waals surface area contributed by atoms with Crippen LogP contribution in [0.1, 0.15) is 52.9 Å². The van der Waals surface area contributed by atoms with Gasteiger partial charge in [0.25, 0.3) is 0 Å². The third-order valence-electron chi connectivity index (χ3n) is 5.78. The van der Waals surface area contributed by atoms with Gasteiger partial charge in [-0.25, -0.2) is 0 Å². The van der Waals surface area contributed by atoms with E-state index in [0.29, 0.717) is 0 Å². The third kappa shape index (κ3) is 0.926. The van der Waals surface area contributed by atoms with Gasteiger partial charge in [-0.3, -0.25) is 0 Å². The summed E-state index contributed by atoms with van der Waals surface area (Å²) in [5.74, 6) is 3.17. The monoisotopic (exact) mass is 178 g/mol. The summed E-state index contributed by atoms with van der Waals surface area (Å²) in [5, 5.41) is 0. The topological polar surface area (TPSA) is 0 Å². The molecule has 0 aromatic rings. The van der Waals surface area contributed by atoms with Crippen molar-refractivity contribution in [1.29, 1.82) is 0 Å². The van der Waals surface area contributed by atoms with Crippen LogP contribution in [0.5, 0.6) is 0 Å². The molecule has 74 valence electrons. The Morgan fingerprint density at radius 3 is 1.62 bits per heavy atom. The fourth-order valence-corrected chi connectivity index (χ4v) is 5.30. The SMILES string of the molecule is CC1C2(C)CC3CC(C2)CC1(C)C3. The van der Waals surface area contributed by atoms with Crippen molar-refractivity contribution in [3.05, 3.63) is 0 Å². The molecule has 0 radical (unpaired) electrons. The van der Waals surface area contributed by atoms with Gasteiger partial charge in [-0.05, 0) is 60.7 Å². The fraction of sp³-hybridized carbons (Fsp3) is 1.00. The molecule has 4 aliphatic rings. The molecule has 0 spiro atoms. The van der Waals surface area contributed by atoms with Gasteiger partial charge in [0, 0.05) is 0 Å². The Kier molecular flexibility index (Phi) is 1.37. The normalized spacial score (nSPS) is 64.4. The first-order valence-corrected chi connectivity index (χ1v) is 6.02. The Morgan fingerprint density at radius 1 is 0.846 bits per heavy atom. The molecule has 4 saturated carbocycles. The van der Waals surface area contributed by atoms with E-state index in [9.17, 15) is 0 Å². The Labute approximate surface area is 82.1 Å². The number of hydrogen-bond acceptors (Lipinski definition) is 0. The summed E-state index contributed by atoms with van der Waals surface area (Å²) in [6, 6.07) is 0. The predicted octanol–water partition coefficient (Wildman–Crippen LogP) is 3.86. The summed E-state index contributed by atoms with van der Waals surface area (Å²) in [5.41, 5.74) is 1.44. The van der Waals surface area contributed by atoms with E-state index >= 15 is 0 Å². The van der Waals surface area contributed by atoms with Crippen molar-refractivity contribution in [3.8, 4) is 0 Å². The molecule has 0 amide bonds. The van der Waals surface area contributed by atoms with Crippen LogP contribution in [-0.2, 0) is 0 Å². The highest BCUT2D eigenvalue weighted by Crippen LogP contribution is 2.67. The standard InChI is InChI=1S/C13H22/c1-9-12(2)5-10-4-11(6-12)8-13(9,3)7-10/h9-11H,4-8H2,1-3H3. The Bertz CT molecular complexity index is 204. The molecule has 0 atom stereocenters. The zero-order chi connectivity index (χ0) is 9.27. The van der Waals surface area contributed by atoms with E-state index < -0.39 is 0 Å². The van der Waals surface area contributed by atoms with Crippen LogP contribution in [0.4, 0.5) is 0 Å². The lowest BCUT2D eigenvalue weighted by Crippen LogP contribution is -2.55. The third-order valence-corrected chi connectivity index (χ3v) is 5.78. The van der Waals surface area contributed by atoms with Crippen LogP contribution < -0.4 is 0 Å². The summed E-state index contributed by atoms with van der Waals surface area (Å²) in [4.78, 5) is 0. The van der Waals surface area contributed by atoms with Crippen molar-refractivity contribution in [2.45, 2.75) is 52.9 Å². The zero-order valence-electron chi connectivity index (χ0n) is 9.27. The highest BCUT2D eigenvalue weighted by atomic mass is 14.6. The van der Waals surface area contributed by atoms with Crippen molar-refractivity contribution >= 4 is 0 Å². The Hall–Kier alpha value is 0. The van der Waals surface area contributed by atoms with Gasteiger partial charge in [-0.2, -0.15) is 0 Å². The lowest BCUT2D eigenvalue weighted by molar-refractivity contribution is -0.143. The molecule has 0 unspecified atom stereocenters. The largest absolute Gasteiger partial charge is 0.0615 e. The lowest BCUT2D eigenvalue weighted by Gasteiger charge is -2.64. The van der Waals surface area contributed by atoms with Gasteiger partial charge < -0.3 is 0 Å². The fourth-order valence-electron chi connectivity index (χ4n) is 5.30. The summed E-state index contributed by atoms with van der Waals surface area (Å²) in [7, 11) is 0. The second kappa shape index (κ2) is 2.15. The summed E-state index contributed by atoms with van der Waals surface area (Å²) >= 11 is 0. The maximum Gasteiger partial charge on any atom is -0.0290 e. The molecule has 0 aromatic heterocycles. The van der Waals surface area contributed by atoms with E-state index in [1.807, 2.05) is 0 Å². The van der Waals surface area contributed by atoms with Crippen LogP contribution in [0.2, 0.25) is 0 Å². The Balaban J connectivity index is 2.03. The molecule has 0 N–H and O–H groups in total. The molecule has 13 heavy (non-hydrogen) atoms. The highest BCUT2D eigenvalue weighted by Gasteiger charge is 2.57. The molecular weight excluding hydrogens is 156 g/mol. The molecule has 0 saturated heterocycles. The first kappa shape index (κ1) is 8.32. The van der Waals surface area contributed by atoms with Crippen molar-refractivity contribution < 1.29 is 0 Å². The molecule has 4 bridgehead atoms. The second-order valence-corrected chi connectivity index (χ2v) is 6.81. The smallest absolute Gasteiger partial charge is 0.0290 e. The van der Waals surface area contributed by atoms with E-state index in [1.54, 1.807) is 32.1 Å². The maximum absolute atomic E-state index is 2.56. The Morgan fingerprint density at radius 2 is 1.23 bits per heavy atom. The molecule has 4 rings (SSSR count). The zero-order valence-corrected chi connectivity index (χ0v) is 9.27. The molecule has 0 nitrogen and oxygen atoms in total. The first-order valence-electron chi connectivity index (χ1n) is 6.02. The van der Waals surface area contributed by atoms with Crippen LogP contribution in [0.15, 0.2) is 0 Å². The highest BCUT2D eigenvalue weighted by molar-refractivity contribution is 5.07. The van der Waals surface area contributed by atoms with Crippen LogP contribution >= 0.6 is 0 Å². The van der Waals surface area contributed by atoms with Gasteiger partial charge >= 0.3 is 0 Å². The summed E-state index contributed by atoms with van der Waals surface area (Å²) in [6.07, 6.45) is 7.74. The quantitative estimate of drug-likeness (QED) is 0.528. The minimum atomic E-state index is 0.721. The average molecular weight is 178 g/mol. The number of rotatable bonds is 0. The average Bonchev–Trinajstić information content (AvgIpc) is 1.97. The van der Waals surface area contributed by atoms with Crippen LogP contribution in [0.25, 0.3) is 0 Å². The maximum atomic E-state index is 2.56. The van der Waals surface area contributed by atoms with E-state index in [1.165, 1.54) is 0 Å². The van der Waals surface area contributed by atoms with Crippen molar-refractivity contribution in [2.75, 3.05) is 0 Å². The summed E-state index contributed by atoms with van der Waals surface area (Å²) < 4.78 is 0. The molecular formula is C13H22.